The quantitative estimate of drug-likeness (QED) is 0.674. The third-order valence-corrected chi connectivity index (χ3v) is 4.88. The standard InChI is InChI=1S/C21H24Cl2N2O2/c1-3-6-19(25-20(26)17-8-5-4-7-14(17)2)21(27)24-12-11-15-9-10-16(22)13-18(15)23/h4-5,7-10,13,19H,3,6,11-12H2,1-2H3,(H,24,27)(H,25,26). The highest BCUT2D eigenvalue weighted by Gasteiger charge is 2.21. The Labute approximate surface area is 170 Å². The van der Waals surface area contributed by atoms with Crippen LogP contribution in [0.25, 0.3) is 0 Å². The molecule has 0 saturated heterocycles. The van der Waals surface area contributed by atoms with Crippen molar-refractivity contribution in [1.82, 2.24) is 10.6 Å². The van der Waals surface area contributed by atoms with Crippen LogP contribution >= 0.6 is 23.2 Å². The topological polar surface area (TPSA) is 58.2 Å². The van der Waals surface area contributed by atoms with Gasteiger partial charge >= 0.3 is 0 Å². The molecular formula is C21H24Cl2N2O2. The molecule has 2 N–H and O–H groups in total. The van der Waals surface area contributed by atoms with Crippen LogP contribution in [0.3, 0.4) is 0 Å². The van der Waals surface area contributed by atoms with Gasteiger partial charge in [-0.15, -0.1) is 0 Å². The zero-order valence-electron chi connectivity index (χ0n) is 15.5. The van der Waals surface area contributed by atoms with Crippen LogP contribution in [0.4, 0.5) is 0 Å². The van der Waals surface area contributed by atoms with Crippen molar-refractivity contribution < 1.29 is 9.59 Å². The van der Waals surface area contributed by atoms with E-state index in [-0.39, 0.29) is 11.8 Å². The number of rotatable bonds is 8. The van der Waals surface area contributed by atoms with Crippen LogP contribution in [-0.2, 0) is 11.2 Å². The number of halogens is 2. The predicted molar refractivity (Wildman–Crippen MR) is 111 cm³/mol. The highest BCUT2D eigenvalue weighted by Crippen LogP contribution is 2.21. The highest BCUT2D eigenvalue weighted by molar-refractivity contribution is 6.35. The third-order valence-electron chi connectivity index (χ3n) is 4.30. The summed E-state index contributed by atoms with van der Waals surface area (Å²) in [6.07, 6.45) is 1.95. The lowest BCUT2D eigenvalue weighted by molar-refractivity contribution is -0.123. The Bertz CT molecular complexity index is 809. The average Bonchev–Trinajstić information content (AvgIpc) is 2.63. The van der Waals surface area contributed by atoms with E-state index < -0.39 is 6.04 Å². The zero-order valence-corrected chi connectivity index (χ0v) is 17.0. The molecular weight excluding hydrogens is 383 g/mol. The Morgan fingerprint density at radius 1 is 1.11 bits per heavy atom. The highest BCUT2D eigenvalue weighted by atomic mass is 35.5. The first-order valence-corrected chi connectivity index (χ1v) is 9.76. The van der Waals surface area contributed by atoms with E-state index >= 15 is 0 Å². The van der Waals surface area contributed by atoms with Gasteiger partial charge in [0.1, 0.15) is 6.04 Å². The Hall–Kier alpha value is -2.04. The normalized spacial score (nSPS) is 11.7. The SMILES string of the molecule is CCCC(NC(=O)c1ccccc1C)C(=O)NCCc1ccc(Cl)cc1Cl. The molecule has 2 rings (SSSR count). The summed E-state index contributed by atoms with van der Waals surface area (Å²) in [7, 11) is 0. The number of aryl methyl sites for hydroxylation is 1. The van der Waals surface area contributed by atoms with Gasteiger partial charge in [0.25, 0.3) is 5.91 Å². The van der Waals surface area contributed by atoms with E-state index in [1.54, 1.807) is 18.2 Å². The lowest BCUT2D eigenvalue weighted by Crippen LogP contribution is -2.47. The number of hydrogen-bond acceptors (Lipinski definition) is 2. The molecule has 2 amide bonds. The number of carbonyl (C=O) groups excluding carboxylic acids is 2. The second kappa shape index (κ2) is 10.3. The van der Waals surface area contributed by atoms with E-state index in [0.29, 0.717) is 35.0 Å². The van der Waals surface area contributed by atoms with Crippen LogP contribution in [-0.4, -0.2) is 24.4 Å². The van der Waals surface area contributed by atoms with E-state index in [1.165, 1.54) is 0 Å². The fourth-order valence-corrected chi connectivity index (χ4v) is 3.29. The maximum absolute atomic E-state index is 12.5. The lowest BCUT2D eigenvalue weighted by Gasteiger charge is -2.18. The van der Waals surface area contributed by atoms with Gasteiger partial charge in [0.15, 0.2) is 0 Å². The van der Waals surface area contributed by atoms with E-state index in [2.05, 4.69) is 10.6 Å². The first-order chi connectivity index (χ1) is 12.9. The molecule has 1 unspecified atom stereocenters. The molecule has 144 valence electrons. The summed E-state index contributed by atoms with van der Waals surface area (Å²) in [5.74, 6) is -0.425. The fraction of sp³-hybridized carbons (Fsp3) is 0.333. The molecule has 27 heavy (non-hydrogen) atoms. The molecule has 0 saturated carbocycles. The van der Waals surface area contributed by atoms with Gasteiger partial charge in [-0.25, -0.2) is 0 Å². The van der Waals surface area contributed by atoms with Gasteiger partial charge < -0.3 is 10.6 Å². The number of carbonyl (C=O) groups is 2. The largest absolute Gasteiger partial charge is 0.354 e. The van der Waals surface area contributed by atoms with Crippen molar-refractivity contribution in [2.45, 2.75) is 39.2 Å². The zero-order chi connectivity index (χ0) is 19.8. The number of amides is 2. The molecule has 0 aliphatic heterocycles. The Balaban J connectivity index is 1.94. The molecule has 0 spiro atoms. The van der Waals surface area contributed by atoms with Crippen LogP contribution in [0.1, 0.15) is 41.3 Å². The Kier molecular flexibility index (Phi) is 8.14. The second-order valence-corrected chi connectivity index (χ2v) is 7.25. The van der Waals surface area contributed by atoms with Gasteiger partial charge in [-0.3, -0.25) is 9.59 Å². The van der Waals surface area contributed by atoms with Gasteiger partial charge in [0.05, 0.1) is 0 Å². The molecule has 0 fully saturated rings. The molecule has 0 aliphatic carbocycles. The number of benzene rings is 2. The first-order valence-electron chi connectivity index (χ1n) is 9.00. The second-order valence-electron chi connectivity index (χ2n) is 6.41. The minimum atomic E-state index is -0.567. The van der Waals surface area contributed by atoms with Gasteiger partial charge in [-0.2, -0.15) is 0 Å². The number of nitrogens with one attached hydrogen (secondary N) is 2. The molecule has 2 aromatic carbocycles. The molecule has 4 nitrogen and oxygen atoms in total. The fourth-order valence-electron chi connectivity index (χ4n) is 2.79. The summed E-state index contributed by atoms with van der Waals surface area (Å²) in [4.78, 5) is 25.0. The summed E-state index contributed by atoms with van der Waals surface area (Å²) in [5, 5.41) is 6.89. The van der Waals surface area contributed by atoms with Gasteiger partial charge in [-0.05, 0) is 49.1 Å². The lowest BCUT2D eigenvalue weighted by atomic mass is 10.1. The van der Waals surface area contributed by atoms with E-state index in [1.807, 2.05) is 38.1 Å². The van der Waals surface area contributed by atoms with Crippen molar-refractivity contribution in [3.63, 3.8) is 0 Å². The Morgan fingerprint density at radius 2 is 1.85 bits per heavy atom. The van der Waals surface area contributed by atoms with Crippen LogP contribution < -0.4 is 10.6 Å². The molecule has 0 bridgehead atoms. The average molecular weight is 407 g/mol. The molecule has 0 aromatic heterocycles. The number of hydrogen-bond donors (Lipinski definition) is 2. The molecule has 2 aromatic rings. The summed E-state index contributed by atoms with van der Waals surface area (Å²) in [6.45, 7) is 4.29. The van der Waals surface area contributed by atoms with E-state index in [9.17, 15) is 9.59 Å². The Morgan fingerprint density at radius 3 is 2.52 bits per heavy atom. The van der Waals surface area contributed by atoms with Crippen LogP contribution in [0.5, 0.6) is 0 Å². The molecule has 6 heteroatoms. The van der Waals surface area contributed by atoms with Crippen molar-refractivity contribution >= 4 is 35.0 Å². The van der Waals surface area contributed by atoms with Crippen molar-refractivity contribution in [3.8, 4) is 0 Å². The van der Waals surface area contributed by atoms with Gasteiger partial charge in [0.2, 0.25) is 5.91 Å². The molecule has 0 aliphatic rings. The molecule has 0 radical (unpaired) electrons. The van der Waals surface area contributed by atoms with E-state index in [0.717, 1.165) is 17.5 Å². The van der Waals surface area contributed by atoms with Crippen molar-refractivity contribution in [2.75, 3.05) is 6.54 Å². The summed E-state index contributed by atoms with van der Waals surface area (Å²) in [5.41, 5.74) is 2.37. The smallest absolute Gasteiger partial charge is 0.252 e. The maximum atomic E-state index is 12.5. The summed E-state index contributed by atoms with van der Waals surface area (Å²) < 4.78 is 0. The van der Waals surface area contributed by atoms with Crippen LogP contribution in [0.15, 0.2) is 42.5 Å². The summed E-state index contributed by atoms with van der Waals surface area (Å²) >= 11 is 12.0. The van der Waals surface area contributed by atoms with Crippen molar-refractivity contribution in [3.05, 3.63) is 69.2 Å². The molecule has 1 atom stereocenters. The predicted octanol–water partition coefficient (Wildman–Crippen LogP) is 4.56. The minimum Gasteiger partial charge on any atom is -0.354 e. The van der Waals surface area contributed by atoms with Crippen molar-refractivity contribution in [2.24, 2.45) is 0 Å². The first kappa shape index (κ1) is 21.3. The minimum absolute atomic E-state index is 0.191. The van der Waals surface area contributed by atoms with E-state index in [4.69, 9.17) is 23.2 Å². The van der Waals surface area contributed by atoms with Gasteiger partial charge in [0, 0.05) is 22.2 Å². The van der Waals surface area contributed by atoms with Crippen molar-refractivity contribution in [1.29, 1.82) is 0 Å². The van der Waals surface area contributed by atoms with Crippen LogP contribution in [0, 0.1) is 6.92 Å². The van der Waals surface area contributed by atoms with Crippen LogP contribution in [0.2, 0.25) is 10.0 Å². The molecule has 0 heterocycles. The monoisotopic (exact) mass is 406 g/mol. The summed E-state index contributed by atoms with van der Waals surface area (Å²) in [6, 6.07) is 12.1. The maximum Gasteiger partial charge on any atom is 0.252 e. The van der Waals surface area contributed by atoms with Gasteiger partial charge in [-0.1, -0.05) is 60.8 Å². The third kappa shape index (κ3) is 6.26.